The molecule has 0 spiro atoms. The summed E-state index contributed by atoms with van der Waals surface area (Å²) in [4.78, 5) is 13.0. The highest BCUT2D eigenvalue weighted by molar-refractivity contribution is 7.22. The molecule has 13 heteroatoms. The molecule has 0 saturated carbocycles. The van der Waals surface area contributed by atoms with Crippen molar-refractivity contribution in [3.05, 3.63) is 49.2 Å². The van der Waals surface area contributed by atoms with Crippen molar-refractivity contribution in [1.82, 2.24) is 29.3 Å². The number of methoxy groups -OCH3 is 1. The lowest BCUT2D eigenvalue weighted by Crippen LogP contribution is -2.34. The summed E-state index contributed by atoms with van der Waals surface area (Å²) in [6, 6.07) is 7.43. The lowest BCUT2D eigenvalue weighted by atomic mass is 10.1. The number of nitrogens with two attached hydrogens (primary N) is 1. The molecular weight excluding hydrogens is 487 g/mol. The van der Waals surface area contributed by atoms with Crippen molar-refractivity contribution in [2.45, 2.75) is 24.6 Å². The highest BCUT2D eigenvalue weighted by Crippen LogP contribution is 2.38. The number of thiazole rings is 1. The van der Waals surface area contributed by atoms with Gasteiger partial charge in [0, 0.05) is 38.8 Å². The number of anilines is 2. The molecule has 1 aromatic carbocycles. The number of hydrogen-bond acceptors (Lipinski definition) is 10. The van der Waals surface area contributed by atoms with E-state index in [0.29, 0.717) is 22.5 Å². The minimum atomic E-state index is -1.49. The molecule has 1 aliphatic rings. The van der Waals surface area contributed by atoms with Crippen molar-refractivity contribution in [2.24, 2.45) is 0 Å². The SMILES string of the molecule is CNc1nc2cc(OC[C@H]3O[C@@H](n4cc(-n5cccn5)c5c(N)ncnc54)[C@@H](F)[C@@H]3OC)ccc2s1. The number of aromatic nitrogens is 6. The van der Waals surface area contributed by atoms with Crippen LogP contribution in [0.5, 0.6) is 5.75 Å². The van der Waals surface area contributed by atoms with E-state index in [0.717, 1.165) is 15.3 Å². The first kappa shape index (κ1) is 22.6. The fourth-order valence-electron chi connectivity index (χ4n) is 4.48. The Bertz CT molecular complexity index is 1520. The van der Waals surface area contributed by atoms with E-state index >= 15 is 4.39 Å². The molecular formula is C23H23FN8O3S. The second kappa shape index (κ2) is 9.00. The summed E-state index contributed by atoms with van der Waals surface area (Å²) in [5.74, 6) is 0.875. The van der Waals surface area contributed by atoms with E-state index in [9.17, 15) is 0 Å². The van der Waals surface area contributed by atoms with Crippen molar-refractivity contribution < 1.29 is 18.6 Å². The average Bonchev–Trinajstić information content (AvgIpc) is 3.67. The van der Waals surface area contributed by atoms with Gasteiger partial charge in [0.25, 0.3) is 0 Å². The van der Waals surface area contributed by atoms with Crippen molar-refractivity contribution in [2.75, 3.05) is 31.8 Å². The second-order valence-electron chi connectivity index (χ2n) is 8.25. The molecule has 0 radical (unpaired) electrons. The molecule has 1 fully saturated rings. The first-order valence-electron chi connectivity index (χ1n) is 11.2. The molecule has 11 nitrogen and oxygen atoms in total. The number of halogens is 1. The number of alkyl halides is 1. The molecule has 1 saturated heterocycles. The van der Waals surface area contributed by atoms with Gasteiger partial charge in [-0.15, -0.1) is 0 Å². The summed E-state index contributed by atoms with van der Waals surface area (Å²) < 4.78 is 37.6. The molecule has 5 heterocycles. The van der Waals surface area contributed by atoms with Gasteiger partial charge in [0.05, 0.1) is 21.3 Å². The van der Waals surface area contributed by atoms with Gasteiger partial charge in [-0.05, 0) is 18.2 Å². The lowest BCUT2D eigenvalue weighted by Gasteiger charge is -2.17. The Morgan fingerprint density at radius 2 is 2.19 bits per heavy atom. The molecule has 0 unspecified atom stereocenters. The van der Waals surface area contributed by atoms with E-state index in [-0.39, 0.29) is 12.4 Å². The third kappa shape index (κ3) is 3.72. The summed E-state index contributed by atoms with van der Waals surface area (Å²) in [5, 5.41) is 8.70. The molecule has 36 heavy (non-hydrogen) atoms. The number of rotatable bonds is 7. The van der Waals surface area contributed by atoms with Crippen LogP contribution in [0.4, 0.5) is 15.3 Å². The summed E-state index contributed by atoms with van der Waals surface area (Å²) >= 11 is 1.55. The van der Waals surface area contributed by atoms with Crippen molar-refractivity contribution in [1.29, 1.82) is 0 Å². The Balaban J connectivity index is 1.28. The van der Waals surface area contributed by atoms with Gasteiger partial charge in [-0.1, -0.05) is 11.3 Å². The molecule has 0 amide bonds. The van der Waals surface area contributed by atoms with Crippen LogP contribution in [0.15, 0.2) is 49.2 Å². The van der Waals surface area contributed by atoms with Crippen LogP contribution in [0.3, 0.4) is 0 Å². The Kier molecular flexibility index (Phi) is 5.66. The molecule has 1 aliphatic heterocycles. The fraction of sp³-hybridized carbons (Fsp3) is 0.304. The predicted octanol–water partition coefficient (Wildman–Crippen LogP) is 3.18. The maximum absolute atomic E-state index is 15.7. The second-order valence-corrected chi connectivity index (χ2v) is 9.28. The highest BCUT2D eigenvalue weighted by atomic mass is 32.1. The number of benzene rings is 1. The zero-order chi connectivity index (χ0) is 24.8. The number of fused-ring (bicyclic) bond motifs is 2. The van der Waals surface area contributed by atoms with Crippen LogP contribution < -0.4 is 15.8 Å². The van der Waals surface area contributed by atoms with Gasteiger partial charge in [-0.3, -0.25) is 0 Å². The van der Waals surface area contributed by atoms with Crippen LogP contribution in [0.25, 0.3) is 26.9 Å². The number of nitrogen functional groups attached to an aromatic ring is 1. The van der Waals surface area contributed by atoms with E-state index in [1.807, 2.05) is 25.2 Å². The number of nitrogens with one attached hydrogen (secondary N) is 1. The van der Waals surface area contributed by atoms with Gasteiger partial charge in [0.2, 0.25) is 0 Å². The fourth-order valence-corrected chi connectivity index (χ4v) is 5.28. The van der Waals surface area contributed by atoms with Crippen LogP contribution in [0.1, 0.15) is 6.23 Å². The van der Waals surface area contributed by atoms with Crippen LogP contribution >= 0.6 is 11.3 Å². The predicted molar refractivity (Wildman–Crippen MR) is 133 cm³/mol. The smallest absolute Gasteiger partial charge is 0.183 e. The summed E-state index contributed by atoms with van der Waals surface area (Å²) in [6.45, 7) is 0.0896. The summed E-state index contributed by atoms with van der Waals surface area (Å²) in [6.07, 6.45) is 2.45. The van der Waals surface area contributed by atoms with Gasteiger partial charge in [0.15, 0.2) is 17.5 Å². The van der Waals surface area contributed by atoms with Gasteiger partial charge in [-0.25, -0.2) is 24.0 Å². The number of ether oxygens (including phenoxy) is 3. The summed E-state index contributed by atoms with van der Waals surface area (Å²) in [7, 11) is 3.28. The normalized spacial score (nSPS) is 22.0. The van der Waals surface area contributed by atoms with Crippen molar-refractivity contribution in [3.8, 4) is 11.4 Å². The van der Waals surface area contributed by atoms with E-state index in [1.54, 1.807) is 45.2 Å². The van der Waals surface area contributed by atoms with E-state index in [2.05, 4.69) is 25.4 Å². The molecule has 0 aliphatic carbocycles. The average molecular weight is 511 g/mol. The van der Waals surface area contributed by atoms with Crippen molar-refractivity contribution >= 4 is 43.5 Å². The molecule has 6 rings (SSSR count). The number of nitrogens with zero attached hydrogens (tertiary/aromatic N) is 6. The van der Waals surface area contributed by atoms with Gasteiger partial charge in [0.1, 0.15) is 42.4 Å². The molecule has 4 aromatic heterocycles. The Labute approximate surface area is 208 Å². The minimum Gasteiger partial charge on any atom is -0.491 e. The molecule has 186 valence electrons. The molecule has 0 bridgehead atoms. The van der Waals surface area contributed by atoms with E-state index in [1.165, 1.54) is 13.4 Å². The van der Waals surface area contributed by atoms with Crippen LogP contribution in [0.2, 0.25) is 0 Å². The van der Waals surface area contributed by atoms with E-state index < -0.39 is 24.6 Å². The van der Waals surface area contributed by atoms with Crippen LogP contribution in [-0.4, -0.2) is 68.4 Å². The molecule has 3 N–H and O–H groups in total. The van der Waals surface area contributed by atoms with Gasteiger partial charge >= 0.3 is 0 Å². The zero-order valence-corrected chi connectivity index (χ0v) is 20.2. The van der Waals surface area contributed by atoms with Crippen LogP contribution in [-0.2, 0) is 9.47 Å². The van der Waals surface area contributed by atoms with E-state index in [4.69, 9.17) is 19.9 Å². The first-order valence-corrected chi connectivity index (χ1v) is 12.0. The Hall–Kier alpha value is -3.81. The summed E-state index contributed by atoms with van der Waals surface area (Å²) in [5.41, 5.74) is 8.04. The Morgan fingerprint density at radius 1 is 1.31 bits per heavy atom. The third-order valence-electron chi connectivity index (χ3n) is 6.17. The molecule has 5 aromatic rings. The standard InChI is InChI=1S/C23H23FN8O3S/c1-26-23-30-13-8-12(4-5-16(13)36-23)34-10-15-19(33-2)18(24)22(35-15)31-9-14(32-7-3-6-29-32)17-20(25)27-11-28-21(17)31/h3-9,11,15,18-19,22H,10H2,1-2H3,(H,26,30)(H2,25,27,28)/t15-,18+,19-,22-/m1/s1. The minimum absolute atomic E-state index is 0.0896. The third-order valence-corrected chi connectivity index (χ3v) is 7.22. The topological polar surface area (TPSA) is 127 Å². The van der Waals surface area contributed by atoms with Gasteiger partial charge in [-0.2, -0.15) is 5.10 Å². The maximum atomic E-state index is 15.7. The van der Waals surface area contributed by atoms with Crippen LogP contribution in [0, 0.1) is 0 Å². The maximum Gasteiger partial charge on any atom is 0.183 e. The quantitative estimate of drug-likeness (QED) is 0.339. The zero-order valence-electron chi connectivity index (χ0n) is 19.4. The first-order chi connectivity index (χ1) is 17.6. The molecule has 4 atom stereocenters. The van der Waals surface area contributed by atoms with Gasteiger partial charge < -0.3 is 29.8 Å². The number of hydrogen-bond donors (Lipinski definition) is 2. The lowest BCUT2D eigenvalue weighted by molar-refractivity contribution is -0.0469. The largest absolute Gasteiger partial charge is 0.491 e. The Morgan fingerprint density at radius 3 is 2.97 bits per heavy atom. The van der Waals surface area contributed by atoms with Crippen molar-refractivity contribution in [3.63, 3.8) is 0 Å². The highest BCUT2D eigenvalue weighted by Gasteiger charge is 2.47. The monoisotopic (exact) mass is 510 g/mol.